The van der Waals surface area contributed by atoms with Crippen LogP contribution in [-0.2, 0) is 0 Å². The fraction of sp³-hybridized carbons (Fsp3) is 0.250. The molecule has 1 aromatic heterocycles. The molecule has 0 unspecified atom stereocenters. The third kappa shape index (κ3) is 3.79. The molecule has 0 aliphatic rings. The van der Waals surface area contributed by atoms with Gasteiger partial charge in [-0.2, -0.15) is 0 Å². The van der Waals surface area contributed by atoms with E-state index in [1.54, 1.807) is 13.1 Å². The molecule has 0 aliphatic heterocycles. The van der Waals surface area contributed by atoms with Crippen LogP contribution in [0.2, 0.25) is 0 Å². The lowest BCUT2D eigenvalue weighted by atomic mass is 10.2. The molecule has 0 aliphatic carbocycles. The van der Waals surface area contributed by atoms with Crippen molar-refractivity contribution in [1.29, 1.82) is 0 Å². The average Bonchev–Trinajstić information content (AvgIpc) is 2.67. The van der Waals surface area contributed by atoms with Gasteiger partial charge >= 0.3 is 0 Å². The predicted octanol–water partition coefficient (Wildman–Crippen LogP) is 3.41. The van der Waals surface area contributed by atoms with Crippen LogP contribution in [0.4, 0.5) is 0 Å². The van der Waals surface area contributed by atoms with Crippen LogP contribution in [0.15, 0.2) is 39.4 Å². The average molecular weight is 284 g/mol. The number of aryl methyl sites for hydroxylation is 1. The lowest BCUT2D eigenvalue weighted by molar-refractivity contribution is 0.318. The van der Waals surface area contributed by atoms with Gasteiger partial charge in [0, 0.05) is 16.6 Å². The number of nitrogens with zero attached hydrogens (tertiary/aromatic N) is 1. The number of aromatic nitrogens is 1. The zero-order chi connectivity index (χ0) is 12.0. The van der Waals surface area contributed by atoms with E-state index in [1.807, 2.05) is 31.2 Å². The Bertz CT molecular complexity index is 423. The molecule has 2 aromatic rings. The zero-order valence-corrected chi connectivity index (χ0v) is 10.9. The van der Waals surface area contributed by atoms with Crippen molar-refractivity contribution in [3.05, 3.63) is 40.7 Å². The van der Waals surface area contributed by atoms with Gasteiger partial charge in [-0.25, -0.2) is 4.98 Å². The first-order valence-electron chi connectivity index (χ1n) is 4.96. The second kappa shape index (κ2) is 6.45. The van der Waals surface area contributed by atoms with Crippen molar-refractivity contribution in [3.8, 4) is 11.5 Å². The Morgan fingerprint density at radius 2 is 1.88 bits per heavy atom. The second-order valence-corrected chi connectivity index (χ2v) is 4.01. The minimum atomic E-state index is 0.250. The Hall–Kier alpha value is -1.13. The van der Waals surface area contributed by atoms with Gasteiger partial charge in [-0.15, -0.1) is 0 Å². The van der Waals surface area contributed by atoms with Crippen LogP contribution in [-0.4, -0.2) is 16.7 Å². The molecule has 0 fully saturated rings. The number of halogens is 1. The summed E-state index contributed by atoms with van der Waals surface area (Å²) in [5.74, 6) is 1.50. The maximum atomic E-state index is 7.57. The minimum absolute atomic E-state index is 0.250. The lowest BCUT2D eigenvalue weighted by Crippen LogP contribution is -1.75. The van der Waals surface area contributed by atoms with Crippen molar-refractivity contribution in [1.82, 2.24) is 4.98 Å². The van der Waals surface area contributed by atoms with Crippen LogP contribution >= 0.6 is 15.9 Å². The van der Waals surface area contributed by atoms with Crippen LogP contribution in [0, 0.1) is 6.92 Å². The summed E-state index contributed by atoms with van der Waals surface area (Å²) in [4.78, 5) is 4.13. The van der Waals surface area contributed by atoms with Gasteiger partial charge in [0.15, 0.2) is 0 Å². The van der Waals surface area contributed by atoms with Crippen LogP contribution in [0.5, 0.6) is 0 Å². The number of hydrogen-bond donors (Lipinski definition) is 1. The number of oxazole rings is 1. The fourth-order valence-corrected chi connectivity index (χ4v) is 1.34. The second-order valence-electron chi connectivity index (χ2n) is 3.10. The highest BCUT2D eigenvalue weighted by atomic mass is 79.9. The van der Waals surface area contributed by atoms with Gasteiger partial charge in [-0.3, -0.25) is 0 Å². The van der Waals surface area contributed by atoms with Gasteiger partial charge in [0.05, 0.1) is 6.20 Å². The molecule has 4 heteroatoms. The van der Waals surface area contributed by atoms with Gasteiger partial charge in [0.2, 0.25) is 5.89 Å². The quantitative estimate of drug-likeness (QED) is 0.872. The third-order valence-corrected chi connectivity index (χ3v) is 2.24. The van der Waals surface area contributed by atoms with Crippen molar-refractivity contribution in [3.63, 3.8) is 0 Å². The van der Waals surface area contributed by atoms with E-state index in [9.17, 15) is 0 Å². The molecular weight excluding hydrogens is 270 g/mol. The van der Waals surface area contributed by atoms with Gasteiger partial charge < -0.3 is 9.52 Å². The van der Waals surface area contributed by atoms with E-state index in [-0.39, 0.29) is 6.61 Å². The third-order valence-electron chi connectivity index (χ3n) is 1.71. The van der Waals surface area contributed by atoms with E-state index in [1.165, 1.54) is 0 Å². The first-order chi connectivity index (χ1) is 7.67. The molecule has 1 aromatic carbocycles. The molecule has 0 bridgehead atoms. The van der Waals surface area contributed by atoms with Crippen molar-refractivity contribution in [2.24, 2.45) is 0 Å². The summed E-state index contributed by atoms with van der Waals surface area (Å²) in [7, 11) is 0. The standard InChI is InChI=1S/C10H8BrNO.C2H6O/c1-7-6-12-10(13-7)8-2-4-9(11)5-3-8;1-2-3/h2-6H,1H3;3H,2H2,1H3. The molecule has 2 rings (SSSR count). The SMILES string of the molecule is CCO.Cc1cnc(-c2ccc(Br)cc2)o1. The van der Waals surface area contributed by atoms with Crippen molar-refractivity contribution in [2.75, 3.05) is 6.61 Å². The summed E-state index contributed by atoms with van der Waals surface area (Å²) in [6.45, 7) is 3.81. The van der Waals surface area contributed by atoms with E-state index in [0.29, 0.717) is 5.89 Å². The molecule has 0 saturated carbocycles. The normalized spacial score (nSPS) is 9.50. The highest BCUT2D eigenvalue weighted by Crippen LogP contribution is 2.20. The highest BCUT2D eigenvalue weighted by molar-refractivity contribution is 9.10. The number of aliphatic hydroxyl groups is 1. The maximum Gasteiger partial charge on any atom is 0.226 e. The molecule has 1 heterocycles. The Kier molecular flexibility index (Phi) is 5.22. The lowest BCUT2D eigenvalue weighted by Gasteiger charge is -1.94. The molecule has 0 radical (unpaired) electrons. The molecule has 0 spiro atoms. The fourth-order valence-electron chi connectivity index (χ4n) is 1.08. The molecule has 0 atom stereocenters. The van der Waals surface area contributed by atoms with Crippen LogP contribution < -0.4 is 0 Å². The zero-order valence-electron chi connectivity index (χ0n) is 9.27. The van der Waals surface area contributed by atoms with Crippen LogP contribution in [0.1, 0.15) is 12.7 Å². The first-order valence-corrected chi connectivity index (χ1v) is 5.76. The van der Waals surface area contributed by atoms with E-state index in [4.69, 9.17) is 9.52 Å². The Balaban J connectivity index is 0.000000386. The van der Waals surface area contributed by atoms with Crippen molar-refractivity contribution >= 4 is 15.9 Å². The van der Waals surface area contributed by atoms with Gasteiger partial charge in [-0.05, 0) is 38.1 Å². The summed E-state index contributed by atoms with van der Waals surface area (Å²) in [6.07, 6.45) is 1.72. The number of rotatable bonds is 1. The molecule has 86 valence electrons. The minimum Gasteiger partial charge on any atom is -0.441 e. The maximum absolute atomic E-state index is 7.57. The molecule has 0 amide bonds. The summed E-state index contributed by atoms with van der Waals surface area (Å²) in [6, 6.07) is 7.87. The smallest absolute Gasteiger partial charge is 0.226 e. The summed E-state index contributed by atoms with van der Waals surface area (Å²) in [5, 5.41) is 7.57. The number of benzene rings is 1. The van der Waals surface area contributed by atoms with Crippen LogP contribution in [0.3, 0.4) is 0 Å². The Morgan fingerprint density at radius 3 is 2.31 bits per heavy atom. The van der Waals surface area contributed by atoms with E-state index in [0.717, 1.165) is 15.8 Å². The molecule has 0 saturated heterocycles. The van der Waals surface area contributed by atoms with Gasteiger partial charge in [-0.1, -0.05) is 15.9 Å². The monoisotopic (exact) mass is 283 g/mol. The largest absolute Gasteiger partial charge is 0.441 e. The van der Waals surface area contributed by atoms with Crippen molar-refractivity contribution < 1.29 is 9.52 Å². The Labute approximate surface area is 103 Å². The first kappa shape index (κ1) is 12.9. The van der Waals surface area contributed by atoms with Crippen LogP contribution in [0.25, 0.3) is 11.5 Å². The molecule has 3 nitrogen and oxygen atoms in total. The number of aliphatic hydroxyl groups excluding tert-OH is 1. The molecule has 16 heavy (non-hydrogen) atoms. The van der Waals surface area contributed by atoms with Gasteiger partial charge in [0.25, 0.3) is 0 Å². The summed E-state index contributed by atoms with van der Waals surface area (Å²) < 4.78 is 6.44. The summed E-state index contributed by atoms with van der Waals surface area (Å²) >= 11 is 3.37. The van der Waals surface area contributed by atoms with E-state index in [2.05, 4.69) is 20.9 Å². The van der Waals surface area contributed by atoms with Gasteiger partial charge in [0.1, 0.15) is 5.76 Å². The van der Waals surface area contributed by atoms with E-state index < -0.39 is 0 Å². The summed E-state index contributed by atoms with van der Waals surface area (Å²) in [5.41, 5.74) is 0.997. The Morgan fingerprint density at radius 1 is 1.31 bits per heavy atom. The topological polar surface area (TPSA) is 46.3 Å². The molecule has 1 N–H and O–H groups in total. The van der Waals surface area contributed by atoms with Crippen molar-refractivity contribution in [2.45, 2.75) is 13.8 Å². The highest BCUT2D eigenvalue weighted by Gasteiger charge is 2.02. The molecular formula is C12H14BrNO2. The number of hydrogen-bond acceptors (Lipinski definition) is 3. The predicted molar refractivity (Wildman–Crippen MR) is 67.1 cm³/mol. The van der Waals surface area contributed by atoms with E-state index >= 15 is 0 Å².